The summed E-state index contributed by atoms with van der Waals surface area (Å²) in [6, 6.07) is 11.0. The molecule has 0 saturated heterocycles. The largest absolute Gasteiger partial charge is 0.489 e. The summed E-state index contributed by atoms with van der Waals surface area (Å²) >= 11 is 12.3. The standard InChI is InChI=1S/C25H17Cl2FO5/c1-13-4-19(31-11-14-2-3-18(28)8-20(14)27)9-21-23(13)24(29)22(33-21)7-15-5-17(26)6-16-10-30-12-32-25(15)16/h2-9H,10-12H2,1H3/b22-7-. The number of hydrogen-bond acceptors (Lipinski definition) is 5. The lowest BCUT2D eigenvalue weighted by Gasteiger charge is -2.20. The van der Waals surface area contributed by atoms with Crippen LogP contribution >= 0.6 is 23.2 Å². The fourth-order valence-corrected chi connectivity index (χ4v) is 4.29. The molecule has 0 bridgehead atoms. The Kier molecular flexibility index (Phi) is 5.74. The predicted molar refractivity (Wildman–Crippen MR) is 122 cm³/mol. The van der Waals surface area contributed by atoms with Gasteiger partial charge in [0.1, 0.15) is 29.7 Å². The molecule has 0 aromatic heterocycles. The Hall–Kier alpha value is -3.06. The third-order valence-corrected chi connectivity index (χ3v) is 5.91. The van der Waals surface area contributed by atoms with Crippen molar-refractivity contribution in [2.24, 2.45) is 0 Å². The minimum absolute atomic E-state index is 0.123. The first-order chi connectivity index (χ1) is 15.9. The fourth-order valence-electron chi connectivity index (χ4n) is 3.82. The maximum atomic E-state index is 13.3. The van der Waals surface area contributed by atoms with E-state index in [0.29, 0.717) is 51.1 Å². The number of Topliss-reactive ketones (excluding diaryl/α,β-unsaturated/α-hetero) is 1. The number of benzene rings is 3. The average molecular weight is 487 g/mol. The van der Waals surface area contributed by atoms with Crippen LogP contribution < -0.4 is 14.2 Å². The zero-order chi connectivity index (χ0) is 23.1. The molecule has 0 radical (unpaired) electrons. The lowest BCUT2D eigenvalue weighted by atomic mass is 10.0. The lowest BCUT2D eigenvalue weighted by Crippen LogP contribution is -2.12. The van der Waals surface area contributed by atoms with Gasteiger partial charge in [-0.2, -0.15) is 0 Å². The van der Waals surface area contributed by atoms with Gasteiger partial charge in [0.05, 0.1) is 17.2 Å². The Morgan fingerprint density at radius 3 is 2.82 bits per heavy atom. The number of rotatable bonds is 4. The van der Waals surface area contributed by atoms with Crippen LogP contribution in [0, 0.1) is 12.7 Å². The van der Waals surface area contributed by atoms with Crippen LogP contribution in [0.4, 0.5) is 4.39 Å². The van der Waals surface area contributed by atoms with Crippen molar-refractivity contribution in [3.63, 3.8) is 0 Å². The molecule has 0 saturated carbocycles. The van der Waals surface area contributed by atoms with Crippen LogP contribution in [-0.4, -0.2) is 12.6 Å². The Labute approximate surface area is 199 Å². The molecule has 2 heterocycles. The van der Waals surface area contributed by atoms with Gasteiger partial charge in [-0.1, -0.05) is 29.3 Å². The Bertz CT molecular complexity index is 1320. The molecule has 0 amide bonds. The molecule has 3 aromatic carbocycles. The number of hydrogen-bond donors (Lipinski definition) is 0. The number of allylic oxidation sites excluding steroid dienone is 1. The summed E-state index contributed by atoms with van der Waals surface area (Å²) in [4.78, 5) is 13.1. The number of ketones is 1. The highest BCUT2D eigenvalue weighted by Gasteiger charge is 2.31. The molecule has 0 spiro atoms. The maximum absolute atomic E-state index is 13.3. The van der Waals surface area contributed by atoms with Crippen molar-refractivity contribution in [2.75, 3.05) is 6.79 Å². The van der Waals surface area contributed by atoms with Crippen LogP contribution in [0.25, 0.3) is 6.08 Å². The summed E-state index contributed by atoms with van der Waals surface area (Å²) in [6.07, 6.45) is 1.62. The molecule has 0 N–H and O–H groups in total. The molecular formula is C25H17Cl2FO5. The van der Waals surface area contributed by atoms with Crippen LogP contribution in [-0.2, 0) is 18.0 Å². The van der Waals surface area contributed by atoms with Crippen molar-refractivity contribution >= 4 is 35.1 Å². The van der Waals surface area contributed by atoms with E-state index in [0.717, 1.165) is 5.56 Å². The molecule has 0 fully saturated rings. The second-order valence-electron chi connectivity index (χ2n) is 7.67. The summed E-state index contributed by atoms with van der Waals surface area (Å²) in [6.45, 7) is 2.45. The zero-order valence-electron chi connectivity index (χ0n) is 17.4. The number of carbonyl (C=O) groups excluding carboxylic acids is 1. The quantitative estimate of drug-likeness (QED) is 0.393. The van der Waals surface area contributed by atoms with Gasteiger partial charge >= 0.3 is 0 Å². The Morgan fingerprint density at radius 1 is 1.15 bits per heavy atom. The van der Waals surface area contributed by atoms with Gasteiger partial charge in [-0.05, 0) is 48.9 Å². The van der Waals surface area contributed by atoms with Crippen LogP contribution in [0.2, 0.25) is 10.0 Å². The molecule has 8 heteroatoms. The van der Waals surface area contributed by atoms with E-state index < -0.39 is 5.82 Å². The van der Waals surface area contributed by atoms with E-state index >= 15 is 0 Å². The Morgan fingerprint density at radius 2 is 2.00 bits per heavy atom. The number of fused-ring (bicyclic) bond motifs is 2. The van der Waals surface area contributed by atoms with Crippen molar-refractivity contribution in [2.45, 2.75) is 20.1 Å². The third-order valence-electron chi connectivity index (χ3n) is 5.34. The molecule has 0 unspecified atom stereocenters. The van der Waals surface area contributed by atoms with E-state index in [-0.39, 0.29) is 30.0 Å². The van der Waals surface area contributed by atoms with E-state index in [1.165, 1.54) is 12.1 Å². The van der Waals surface area contributed by atoms with Gasteiger partial charge in [-0.15, -0.1) is 0 Å². The van der Waals surface area contributed by atoms with Crippen molar-refractivity contribution < 1.29 is 28.1 Å². The van der Waals surface area contributed by atoms with Crippen molar-refractivity contribution in [3.8, 4) is 17.2 Å². The van der Waals surface area contributed by atoms with Gasteiger partial charge < -0.3 is 18.9 Å². The van der Waals surface area contributed by atoms with Crippen LogP contribution in [0.15, 0.2) is 48.2 Å². The van der Waals surface area contributed by atoms with Gasteiger partial charge in [0, 0.05) is 27.8 Å². The molecule has 3 aromatic rings. The van der Waals surface area contributed by atoms with E-state index in [1.54, 1.807) is 36.4 Å². The second-order valence-corrected chi connectivity index (χ2v) is 8.52. The van der Waals surface area contributed by atoms with Gasteiger partial charge in [0.25, 0.3) is 0 Å². The van der Waals surface area contributed by atoms with Gasteiger partial charge in [0.15, 0.2) is 12.6 Å². The molecule has 0 atom stereocenters. The molecular weight excluding hydrogens is 470 g/mol. The summed E-state index contributed by atoms with van der Waals surface area (Å²) in [5.74, 6) is 1.01. The van der Waals surface area contributed by atoms with Crippen molar-refractivity contribution in [3.05, 3.63) is 91.9 Å². The normalized spacial score (nSPS) is 15.6. The molecule has 5 rings (SSSR count). The lowest BCUT2D eigenvalue weighted by molar-refractivity contribution is -0.0165. The van der Waals surface area contributed by atoms with Crippen LogP contribution in [0.3, 0.4) is 0 Å². The van der Waals surface area contributed by atoms with Crippen molar-refractivity contribution in [1.29, 1.82) is 0 Å². The molecule has 2 aliphatic rings. The van der Waals surface area contributed by atoms with Crippen LogP contribution in [0.1, 0.15) is 32.6 Å². The SMILES string of the molecule is Cc1cc(OCc2ccc(F)cc2Cl)cc2c1C(=O)/C(=C/c1cc(Cl)cc3c1OCOC3)O2. The summed E-state index contributed by atoms with van der Waals surface area (Å²) in [5, 5.41) is 0.783. The number of aryl methyl sites for hydroxylation is 1. The number of ether oxygens (including phenoxy) is 4. The van der Waals surface area contributed by atoms with Gasteiger partial charge in [-0.3, -0.25) is 4.79 Å². The van der Waals surface area contributed by atoms with Gasteiger partial charge in [0.2, 0.25) is 5.78 Å². The number of halogens is 3. The van der Waals surface area contributed by atoms with E-state index in [4.69, 9.17) is 42.1 Å². The second kappa shape index (κ2) is 8.71. The highest BCUT2D eigenvalue weighted by atomic mass is 35.5. The van der Waals surface area contributed by atoms with E-state index in [1.807, 2.05) is 6.92 Å². The topological polar surface area (TPSA) is 54.0 Å². The molecule has 5 nitrogen and oxygen atoms in total. The Balaban J connectivity index is 1.42. The van der Waals surface area contributed by atoms with E-state index in [9.17, 15) is 9.18 Å². The van der Waals surface area contributed by atoms with Gasteiger partial charge in [-0.25, -0.2) is 4.39 Å². The number of carbonyl (C=O) groups is 1. The maximum Gasteiger partial charge on any atom is 0.232 e. The molecule has 168 valence electrons. The zero-order valence-corrected chi connectivity index (χ0v) is 18.9. The predicted octanol–water partition coefficient (Wildman–Crippen LogP) is 6.50. The molecule has 0 aliphatic carbocycles. The first kappa shape index (κ1) is 21.8. The molecule has 33 heavy (non-hydrogen) atoms. The smallest absolute Gasteiger partial charge is 0.232 e. The summed E-state index contributed by atoms with van der Waals surface area (Å²) in [5.41, 5.74) is 3.25. The summed E-state index contributed by atoms with van der Waals surface area (Å²) in [7, 11) is 0. The minimum atomic E-state index is -0.415. The fraction of sp³-hybridized carbons (Fsp3) is 0.160. The first-order valence-corrected chi connectivity index (χ1v) is 10.8. The van der Waals surface area contributed by atoms with E-state index in [2.05, 4.69) is 0 Å². The average Bonchev–Trinajstić information content (AvgIpc) is 3.08. The highest BCUT2D eigenvalue weighted by molar-refractivity contribution is 6.31. The van der Waals surface area contributed by atoms with Crippen LogP contribution in [0.5, 0.6) is 17.2 Å². The monoisotopic (exact) mass is 486 g/mol. The summed E-state index contributed by atoms with van der Waals surface area (Å²) < 4.78 is 35.9. The first-order valence-electron chi connectivity index (χ1n) is 10.1. The minimum Gasteiger partial charge on any atom is -0.489 e. The molecule has 2 aliphatic heterocycles. The highest BCUT2D eigenvalue weighted by Crippen LogP contribution is 2.40. The third kappa shape index (κ3) is 4.29. The van der Waals surface area contributed by atoms with Crippen molar-refractivity contribution in [1.82, 2.24) is 0 Å².